The van der Waals surface area contributed by atoms with Crippen LogP contribution < -0.4 is 15.4 Å². The van der Waals surface area contributed by atoms with E-state index in [0.717, 1.165) is 20.8 Å². The molecule has 0 bridgehead atoms. The second kappa shape index (κ2) is 9.83. The lowest BCUT2D eigenvalue weighted by atomic mass is 10.2. The molecule has 32 heavy (non-hydrogen) atoms. The molecule has 5 nitrogen and oxygen atoms in total. The van der Waals surface area contributed by atoms with E-state index in [1.807, 2.05) is 31.2 Å². The summed E-state index contributed by atoms with van der Waals surface area (Å²) in [6.07, 6.45) is 0. The maximum atomic E-state index is 12.5. The number of rotatable bonds is 5. The third kappa shape index (κ3) is 5.02. The Hall–Kier alpha value is -2.71. The summed E-state index contributed by atoms with van der Waals surface area (Å²) in [5.41, 5.74) is 2.59. The number of thiazole rings is 1. The van der Waals surface area contributed by atoms with Crippen molar-refractivity contribution in [2.45, 2.75) is 6.92 Å². The number of ether oxygens (including phenoxy) is 1. The number of para-hydroxylation sites is 1. The number of hydrogen-bond donors (Lipinski definition) is 2. The van der Waals surface area contributed by atoms with Gasteiger partial charge in [-0.15, -0.1) is 11.3 Å². The van der Waals surface area contributed by atoms with Gasteiger partial charge in [0.2, 0.25) is 0 Å². The monoisotopic (exact) mass is 501 g/mol. The number of hydrogen-bond acceptors (Lipinski definition) is 5. The molecule has 1 amide bonds. The number of nitrogens with zero attached hydrogens (tertiary/aromatic N) is 1. The molecule has 0 saturated carbocycles. The first-order chi connectivity index (χ1) is 15.4. The standard InChI is InChI=1S/C23H17Cl2N3O2S2/c1-2-30-14-9-7-13(8-10-14)21(29)28-23(31)27-19-11-15(16(24)12-17(19)25)22-26-18-5-3-4-6-20(18)32-22/h3-12H,2H2,1H3,(H2,27,28,29,31). The van der Waals surface area contributed by atoms with Gasteiger partial charge in [0.25, 0.3) is 5.91 Å². The molecule has 0 unspecified atom stereocenters. The Morgan fingerprint density at radius 1 is 1.09 bits per heavy atom. The predicted molar refractivity (Wildman–Crippen MR) is 136 cm³/mol. The number of carbonyl (C=O) groups excluding carboxylic acids is 1. The quantitative estimate of drug-likeness (QED) is 0.294. The molecule has 0 radical (unpaired) electrons. The van der Waals surface area contributed by atoms with Crippen LogP contribution in [0.1, 0.15) is 17.3 Å². The second-order valence-electron chi connectivity index (χ2n) is 6.66. The van der Waals surface area contributed by atoms with E-state index in [2.05, 4.69) is 15.6 Å². The lowest BCUT2D eigenvalue weighted by Gasteiger charge is -2.13. The molecule has 1 heterocycles. The van der Waals surface area contributed by atoms with Crippen molar-refractivity contribution >= 4 is 73.7 Å². The van der Waals surface area contributed by atoms with Gasteiger partial charge >= 0.3 is 0 Å². The maximum absolute atomic E-state index is 12.5. The van der Waals surface area contributed by atoms with E-state index in [4.69, 9.17) is 40.2 Å². The normalized spacial score (nSPS) is 10.7. The SMILES string of the molecule is CCOc1ccc(C(=O)NC(=S)Nc2cc(-c3nc4ccccc4s3)c(Cl)cc2Cl)cc1. The Bertz CT molecular complexity index is 1270. The van der Waals surface area contributed by atoms with Crippen LogP contribution in [-0.2, 0) is 0 Å². The Balaban J connectivity index is 1.51. The molecule has 162 valence electrons. The number of aromatic nitrogens is 1. The summed E-state index contributed by atoms with van der Waals surface area (Å²) >= 11 is 19.6. The molecular formula is C23H17Cl2N3O2S2. The summed E-state index contributed by atoms with van der Waals surface area (Å²) in [6.45, 7) is 2.45. The van der Waals surface area contributed by atoms with Crippen LogP contribution in [0.4, 0.5) is 5.69 Å². The molecular weight excluding hydrogens is 485 g/mol. The molecule has 0 spiro atoms. The van der Waals surface area contributed by atoms with Gasteiger partial charge < -0.3 is 10.1 Å². The van der Waals surface area contributed by atoms with Crippen LogP contribution in [0.2, 0.25) is 10.0 Å². The number of halogens is 2. The third-order valence-electron chi connectivity index (χ3n) is 4.48. The number of amides is 1. The molecule has 4 rings (SSSR count). The average Bonchev–Trinajstić information content (AvgIpc) is 3.20. The molecule has 0 atom stereocenters. The van der Waals surface area contributed by atoms with Gasteiger partial charge in [-0.05, 0) is 67.7 Å². The number of nitrogens with one attached hydrogen (secondary N) is 2. The number of thiocarbonyl (C=S) groups is 1. The number of anilines is 1. The highest BCUT2D eigenvalue weighted by molar-refractivity contribution is 7.80. The minimum Gasteiger partial charge on any atom is -0.494 e. The van der Waals surface area contributed by atoms with E-state index >= 15 is 0 Å². The van der Waals surface area contributed by atoms with Crippen molar-refractivity contribution in [3.63, 3.8) is 0 Å². The molecule has 9 heteroatoms. The van der Waals surface area contributed by atoms with Crippen LogP contribution in [0.5, 0.6) is 5.75 Å². The summed E-state index contributed by atoms with van der Waals surface area (Å²) in [7, 11) is 0. The van der Waals surface area contributed by atoms with E-state index < -0.39 is 0 Å². The fraction of sp³-hybridized carbons (Fsp3) is 0.0870. The zero-order chi connectivity index (χ0) is 22.7. The Morgan fingerprint density at radius 2 is 1.84 bits per heavy atom. The fourth-order valence-corrected chi connectivity index (χ4v) is 4.77. The number of benzene rings is 3. The Kier molecular flexibility index (Phi) is 6.91. The molecule has 1 aromatic heterocycles. The summed E-state index contributed by atoms with van der Waals surface area (Å²) in [6, 6.07) is 18.1. The lowest BCUT2D eigenvalue weighted by Crippen LogP contribution is -2.34. The van der Waals surface area contributed by atoms with Crippen molar-refractivity contribution < 1.29 is 9.53 Å². The largest absolute Gasteiger partial charge is 0.494 e. The van der Waals surface area contributed by atoms with Crippen LogP contribution in [0.25, 0.3) is 20.8 Å². The first kappa shape index (κ1) is 22.5. The topological polar surface area (TPSA) is 63.2 Å². The zero-order valence-corrected chi connectivity index (χ0v) is 20.0. The van der Waals surface area contributed by atoms with Crippen LogP contribution in [0.15, 0.2) is 60.7 Å². The van der Waals surface area contributed by atoms with E-state index in [9.17, 15) is 4.79 Å². The number of carbonyl (C=O) groups is 1. The van der Waals surface area contributed by atoms with Crippen molar-refractivity contribution in [3.8, 4) is 16.3 Å². The van der Waals surface area contributed by atoms with E-state index in [0.29, 0.717) is 33.7 Å². The molecule has 2 N–H and O–H groups in total. The molecule has 0 aliphatic carbocycles. The van der Waals surface area contributed by atoms with Gasteiger partial charge in [0.15, 0.2) is 5.11 Å². The average molecular weight is 502 g/mol. The summed E-state index contributed by atoms with van der Waals surface area (Å²) in [5.74, 6) is 0.349. The van der Waals surface area contributed by atoms with Crippen LogP contribution >= 0.6 is 46.8 Å². The van der Waals surface area contributed by atoms with Crippen LogP contribution in [0, 0.1) is 0 Å². The number of fused-ring (bicyclic) bond motifs is 1. The van der Waals surface area contributed by atoms with Gasteiger partial charge in [-0.3, -0.25) is 10.1 Å². The van der Waals surface area contributed by atoms with Gasteiger partial charge in [0.05, 0.1) is 32.6 Å². The Morgan fingerprint density at radius 3 is 2.56 bits per heavy atom. The van der Waals surface area contributed by atoms with E-state index in [-0.39, 0.29) is 11.0 Å². The highest BCUT2D eigenvalue weighted by Gasteiger charge is 2.15. The molecule has 4 aromatic rings. The zero-order valence-electron chi connectivity index (χ0n) is 16.8. The van der Waals surface area contributed by atoms with Crippen molar-refractivity contribution in [1.82, 2.24) is 10.3 Å². The van der Waals surface area contributed by atoms with Crippen LogP contribution in [-0.4, -0.2) is 22.6 Å². The summed E-state index contributed by atoms with van der Waals surface area (Å²) in [4.78, 5) is 17.2. The molecule has 0 aliphatic rings. The van der Waals surface area contributed by atoms with Crippen molar-refractivity contribution in [3.05, 3.63) is 76.3 Å². The van der Waals surface area contributed by atoms with Gasteiger partial charge in [0, 0.05) is 11.1 Å². The van der Waals surface area contributed by atoms with Gasteiger partial charge in [0.1, 0.15) is 10.8 Å². The second-order valence-corrected chi connectivity index (χ2v) is 8.92. The minimum absolute atomic E-state index is 0.114. The van der Waals surface area contributed by atoms with Gasteiger partial charge in [-0.2, -0.15) is 0 Å². The van der Waals surface area contributed by atoms with E-state index in [1.165, 1.54) is 11.3 Å². The van der Waals surface area contributed by atoms with Gasteiger partial charge in [-0.25, -0.2) is 4.98 Å². The fourth-order valence-electron chi connectivity index (χ4n) is 2.99. The van der Waals surface area contributed by atoms with Crippen molar-refractivity contribution in [1.29, 1.82) is 0 Å². The molecule has 0 fully saturated rings. The van der Waals surface area contributed by atoms with Crippen molar-refractivity contribution in [2.24, 2.45) is 0 Å². The highest BCUT2D eigenvalue weighted by Crippen LogP contribution is 2.38. The molecule has 0 saturated heterocycles. The molecule has 3 aromatic carbocycles. The lowest BCUT2D eigenvalue weighted by molar-refractivity contribution is 0.0977. The maximum Gasteiger partial charge on any atom is 0.257 e. The molecule has 0 aliphatic heterocycles. The first-order valence-corrected chi connectivity index (χ1v) is 11.6. The Labute approximate surface area is 204 Å². The van der Waals surface area contributed by atoms with E-state index in [1.54, 1.807) is 36.4 Å². The first-order valence-electron chi connectivity index (χ1n) is 9.64. The summed E-state index contributed by atoms with van der Waals surface area (Å²) in [5, 5.41) is 7.36. The van der Waals surface area contributed by atoms with Crippen molar-refractivity contribution in [2.75, 3.05) is 11.9 Å². The predicted octanol–water partition coefficient (Wildman–Crippen LogP) is 6.80. The smallest absolute Gasteiger partial charge is 0.257 e. The summed E-state index contributed by atoms with van der Waals surface area (Å²) < 4.78 is 6.45. The van der Waals surface area contributed by atoms with Crippen LogP contribution in [0.3, 0.4) is 0 Å². The minimum atomic E-state index is -0.345. The third-order valence-corrected chi connectivity index (χ3v) is 6.38. The highest BCUT2D eigenvalue weighted by atomic mass is 35.5. The van der Waals surface area contributed by atoms with Gasteiger partial charge in [-0.1, -0.05) is 35.3 Å².